The second-order valence-electron chi connectivity index (χ2n) is 9.25. The van der Waals surface area contributed by atoms with Gasteiger partial charge < -0.3 is 26.4 Å². The molecule has 0 bridgehead atoms. The summed E-state index contributed by atoms with van der Waals surface area (Å²) < 4.78 is 32.5. The van der Waals surface area contributed by atoms with E-state index in [1.807, 2.05) is 7.11 Å². The molecular weight excluding hydrogens is 423 g/mol. The molecule has 1 aliphatic heterocycles. The number of hydrogen-bond acceptors (Lipinski definition) is 6. The number of rotatable bonds is 13. The first-order valence-electron chi connectivity index (χ1n) is 10.6. The van der Waals surface area contributed by atoms with E-state index in [1.165, 1.54) is 19.0 Å². The minimum Gasteiger partial charge on any atom is -0.458 e. The molecule has 1 fully saturated rings. The van der Waals surface area contributed by atoms with E-state index in [1.54, 1.807) is 21.3 Å². The fraction of sp³-hybridized carbons (Fsp3) is 1.00. The van der Waals surface area contributed by atoms with Gasteiger partial charge in [0.05, 0.1) is 0 Å². The molecule has 1 heterocycles. The molecule has 2 atom stereocenters. The Morgan fingerprint density at radius 3 is 2.07 bits per heavy atom. The zero-order valence-corrected chi connectivity index (χ0v) is 24.2. The van der Waals surface area contributed by atoms with E-state index >= 15 is 0 Å². The van der Waals surface area contributed by atoms with E-state index in [4.69, 9.17) is 21.8 Å². The molecule has 0 aliphatic carbocycles. The summed E-state index contributed by atoms with van der Waals surface area (Å²) in [6.45, 7) is 16.4. The molecule has 0 spiro atoms. The standard InChI is InChI=1S/C18H45NO5Si4/c1-18(26(8,9)24-25(6)7,13-17-28(21-3,22-4)23-5)12-15-19-14-11-16-27(19,10)20-2/h25H,11-17H2,1-10H3. The Morgan fingerprint density at radius 2 is 1.61 bits per heavy atom. The van der Waals surface area contributed by atoms with Gasteiger partial charge in [-0.3, -0.25) is 0 Å². The van der Waals surface area contributed by atoms with Crippen molar-refractivity contribution >= 4 is 34.6 Å². The van der Waals surface area contributed by atoms with E-state index in [-0.39, 0.29) is 5.04 Å². The van der Waals surface area contributed by atoms with Gasteiger partial charge >= 0.3 is 8.80 Å². The third-order valence-corrected chi connectivity index (χ3v) is 21.3. The van der Waals surface area contributed by atoms with Crippen LogP contribution in [0.1, 0.15) is 26.2 Å². The molecule has 168 valence electrons. The van der Waals surface area contributed by atoms with Gasteiger partial charge in [-0.1, -0.05) is 6.92 Å². The quantitative estimate of drug-likeness (QED) is 0.381. The van der Waals surface area contributed by atoms with Crippen molar-refractivity contribution in [1.82, 2.24) is 4.57 Å². The van der Waals surface area contributed by atoms with Crippen LogP contribution in [-0.2, 0) is 21.8 Å². The molecule has 0 saturated carbocycles. The summed E-state index contributed by atoms with van der Waals surface area (Å²) in [5.74, 6) is 0. The summed E-state index contributed by atoms with van der Waals surface area (Å²) >= 11 is 0. The molecule has 28 heavy (non-hydrogen) atoms. The fourth-order valence-corrected chi connectivity index (χ4v) is 16.7. The molecule has 0 aromatic rings. The van der Waals surface area contributed by atoms with Gasteiger partial charge in [0.1, 0.15) is 0 Å². The molecule has 1 aliphatic rings. The summed E-state index contributed by atoms with van der Waals surface area (Å²) in [6.07, 6.45) is 3.39. The minimum absolute atomic E-state index is 0.129. The molecule has 0 radical (unpaired) electrons. The summed E-state index contributed by atoms with van der Waals surface area (Å²) in [5.41, 5.74) is 0. The van der Waals surface area contributed by atoms with E-state index < -0.39 is 34.6 Å². The SMILES string of the molecule is CO[Si](CCC(C)(CCN1CCC[Si]1(C)OC)[Si](C)(C)O[SiH](C)C)(OC)OC. The summed E-state index contributed by atoms with van der Waals surface area (Å²) in [6, 6.07) is 2.06. The van der Waals surface area contributed by atoms with Crippen LogP contribution in [0.15, 0.2) is 0 Å². The molecule has 1 saturated heterocycles. The van der Waals surface area contributed by atoms with Crippen LogP contribution in [0.25, 0.3) is 0 Å². The van der Waals surface area contributed by atoms with E-state index in [0.717, 1.165) is 25.4 Å². The lowest BCUT2D eigenvalue weighted by Crippen LogP contribution is -2.53. The van der Waals surface area contributed by atoms with Crippen molar-refractivity contribution in [2.45, 2.75) is 76.0 Å². The summed E-state index contributed by atoms with van der Waals surface area (Å²) in [5, 5.41) is 0.129. The molecule has 10 heteroatoms. The lowest BCUT2D eigenvalue weighted by Gasteiger charge is -2.46. The topological polar surface area (TPSA) is 49.4 Å². The Labute approximate surface area is 178 Å². The van der Waals surface area contributed by atoms with Crippen molar-refractivity contribution in [3.05, 3.63) is 0 Å². The Morgan fingerprint density at radius 1 is 1.04 bits per heavy atom. The Hall–Kier alpha value is 0.628. The maximum atomic E-state index is 6.69. The van der Waals surface area contributed by atoms with Gasteiger partial charge in [-0.15, -0.1) is 0 Å². The third kappa shape index (κ3) is 6.31. The molecule has 0 amide bonds. The third-order valence-electron chi connectivity index (χ3n) is 7.01. The molecular formula is C18H45NO5Si4. The zero-order valence-electron chi connectivity index (χ0n) is 20.0. The Kier molecular flexibility index (Phi) is 10.3. The normalized spacial score (nSPS) is 24.1. The highest BCUT2D eigenvalue weighted by Gasteiger charge is 2.49. The van der Waals surface area contributed by atoms with Crippen LogP contribution in [0.4, 0.5) is 0 Å². The monoisotopic (exact) mass is 467 g/mol. The minimum atomic E-state index is -2.59. The second kappa shape index (κ2) is 10.8. The van der Waals surface area contributed by atoms with Crippen molar-refractivity contribution in [3.8, 4) is 0 Å². The summed E-state index contributed by atoms with van der Waals surface area (Å²) in [4.78, 5) is 0. The second-order valence-corrected chi connectivity index (χ2v) is 23.5. The van der Waals surface area contributed by atoms with Crippen LogP contribution in [0, 0.1) is 0 Å². The van der Waals surface area contributed by atoms with E-state index in [9.17, 15) is 0 Å². The molecule has 2 unspecified atom stereocenters. The lowest BCUT2D eigenvalue weighted by molar-refractivity contribution is 0.121. The first-order valence-corrected chi connectivity index (χ1v) is 20.7. The highest BCUT2D eigenvalue weighted by Crippen LogP contribution is 2.48. The van der Waals surface area contributed by atoms with Gasteiger partial charge in [-0.05, 0) is 76.2 Å². The largest absolute Gasteiger partial charge is 0.500 e. The Bertz CT molecular complexity index is 473. The van der Waals surface area contributed by atoms with Gasteiger partial charge in [0.25, 0.3) is 8.48 Å². The van der Waals surface area contributed by atoms with E-state index in [2.05, 4.69) is 44.2 Å². The molecule has 1 rings (SSSR count). The average Bonchev–Trinajstić information content (AvgIpc) is 3.02. The maximum Gasteiger partial charge on any atom is 0.500 e. The first-order chi connectivity index (χ1) is 12.9. The predicted octanol–water partition coefficient (Wildman–Crippen LogP) is 4.03. The average molecular weight is 468 g/mol. The van der Waals surface area contributed by atoms with Crippen molar-refractivity contribution in [2.75, 3.05) is 41.5 Å². The van der Waals surface area contributed by atoms with Gasteiger partial charge in [-0.25, -0.2) is 0 Å². The molecule has 0 aromatic carbocycles. The van der Waals surface area contributed by atoms with Gasteiger partial charge in [0, 0.05) is 34.5 Å². The zero-order chi connectivity index (χ0) is 21.6. The van der Waals surface area contributed by atoms with Gasteiger partial charge in [0.15, 0.2) is 17.4 Å². The van der Waals surface area contributed by atoms with Crippen LogP contribution >= 0.6 is 0 Å². The molecule has 6 nitrogen and oxygen atoms in total. The Balaban J connectivity index is 3.01. The van der Waals surface area contributed by atoms with Crippen molar-refractivity contribution in [3.63, 3.8) is 0 Å². The van der Waals surface area contributed by atoms with Crippen molar-refractivity contribution in [2.24, 2.45) is 0 Å². The van der Waals surface area contributed by atoms with Crippen LogP contribution in [0.2, 0.25) is 49.9 Å². The lowest BCUT2D eigenvalue weighted by atomic mass is 10.0. The van der Waals surface area contributed by atoms with Crippen molar-refractivity contribution < 1.29 is 21.8 Å². The van der Waals surface area contributed by atoms with Crippen LogP contribution < -0.4 is 0 Å². The first kappa shape index (κ1) is 26.7. The smallest absolute Gasteiger partial charge is 0.458 e. The fourth-order valence-electron chi connectivity index (χ4n) is 4.40. The molecule has 0 N–H and O–H groups in total. The molecule has 0 aromatic heterocycles. The number of hydrogen-bond donors (Lipinski definition) is 0. The van der Waals surface area contributed by atoms with E-state index in [0.29, 0.717) is 0 Å². The van der Waals surface area contributed by atoms with Crippen LogP contribution in [0.3, 0.4) is 0 Å². The number of nitrogens with zero attached hydrogens (tertiary/aromatic N) is 1. The van der Waals surface area contributed by atoms with Crippen molar-refractivity contribution in [1.29, 1.82) is 0 Å². The summed E-state index contributed by atoms with van der Waals surface area (Å²) in [7, 11) is -0.334. The van der Waals surface area contributed by atoms with Crippen LogP contribution in [-0.4, -0.2) is 80.7 Å². The van der Waals surface area contributed by atoms with Gasteiger partial charge in [0.2, 0.25) is 0 Å². The highest BCUT2D eigenvalue weighted by atomic mass is 28.4. The maximum absolute atomic E-state index is 6.69. The predicted molar refractivity (Wildman–Crippen MR) is 126 cm³/mol. The van der Waals surface area contributed by atoms with Crippen LogP contribution in [0.5, 0.6) is 0 Å². The highest BCUT2D eigenvalue weighted by molar-refractivity contribution is 6.80. The van der Waals surface area contributed by atoms with Gasteiger partial charge in [-0.2, -0.15) is 0 Å².